The zero-order valence-corrected chi connectivity index (χ0v) is 10.7. The number of benzene rings is 1. The molecular formula is C13H18ClNO2. The van der Waals surface area contributed by atoms with Gasteiger partial charge in [-0.05, 0) is 5.56 Å². The highest BCUT2D eigenvalue weighted by molar-refractivity contribution is 5.81. The SMILES string of the molecule is C=CC(=O)OCCc1ccccc1C[NH2+]C.[Cl-]. The second kappa shape index (κ2) is 8.79. The largest absolute Gasteiger partial charge is 1.00 e. The van der Waals surface area contributed by atoms with Crippen molar-refractivity contribution in [3.8, 4) is 0 Å². The molecule has 0 heterocycles. The van der Waals surface area contributed by atoms with E-state index in [0.29, 0.717) is 6.61 Å². The minimum atomic E-state index is -0.362. The summed E-state index contributed by atoms with van der Waals surface area (Å²) in [6, 6.07) is 8.20. The Labute approximate surface area is 108 Å². The average molecular weight is 256 g/mol. The molecule has 0 aliphatic heterocycles. The molecule has 94 valence electrons. The fourth-order valence-corrected chi connectivity index (χ4v) is 1.54. The van der Waals surface area contributed by atoms with Crippen LogP contribution in [0.5, 0.6) is 0 Å². The minimum Gasteiger partial charge on any atom is -1.00 e. The molecule has 0 unspecified atom stereocenters. The van der Waals surface area contributed by atoms with Gasteiger partial charge in [-0.25, -0.2) is 4.79 Å². The van der Waals surface area contributed by atoms with Gasteiger partial charge in [0.2, 0.25) is 0 Å². The number of hydrogen-bond acceptors (Lipinski definition) is 2. The van der Waals surface area contributed by atoms with Gasteiger partial charge in [0.25, 0.3) is 0 Å². The molecule has 0 aliphatic carbocycles. The van der Waals surface area contributed by atoms with Gasteiger partial charge in [0.15, 0.2) is 0 Å². The number of nitrogens with two attached hydrogens (primary N) is 1. The summed E-state index contributed by atoms with van der Waals surface area (Å²) in [7, 11) is 2.04. The van der Waals surface area contributed by atoms with Gasteiger partial charge in [0.1, 0.15) is 6.54 Å². The molecule has 0 radical (unpaired) electrons. The molecule has 3 nitrogen and oxygen atoms in total. The minimum absolute atomic E-state index is 0. The third-order valence-electron chi connectivity index (χ3n) is 2.32. The first-order valence-corrected chi connectivity index (χ1v) is 5.41. The van der Waals surface area contributed by atoms with Crippen LogP contribution in [-0.4, -0.2) is 19.6 Å². The monoisotopic (exact) mass is 255 g/mol. The molecule has 0 amide bonds. The Hall–Kier alpha value is -1.32. The highest BCUT2D eigenvalue weighted by atomic mass is 35.5. The zero-order chi connectivity index (χ0) is 11.8. The van der Waals surface area contributed by atoms with E-state index in [-0.39, 0.29) is 18.4 Å². The molecule has 0 aliphatic rings. The quantitative estimate of drug-likeness (QED) is 0.457. The van der Waals surface area contributed by atoms with E-state index in [2.05, 4.69) is 24.0 Å². The third-order valence-corrected chi connectivity index (χ3v) is 2.32. The topological polar surface area (TPSA) is 42.9 Å². The smallest absolute Gasteiger partial charge is 0.330 e. The van der Waals surface area contributed by atoms with E-state index in [0.717, 1.165) is 13.0 Å². The molecule has 1 rings (SSSR count). The van der Waals surface area contributed by atoms with E-state index in [1.165, 1.54) is 17.2 Å². The van der Waals surface area contributed by atoms with Gasteiger partial charge in [-0.3, -0.25) is 0 Å². The fraction of sp³-hybridized carbons (Fsp3) is 0.308. The highest BCUT2D eigenvalue weighted by Gasteiger charge is 2.03. The van der Waals surface area contributed by atoms with Crippen molar-refractivity contribution in [2.75, 3.05) is 13.7 Å². The third kappa shape index (κ3) is 5.52. The maximum atomic E-state index is 10.9. The van der Waals surface area contributed by atoms with Crippen LogP contribution in [0.1, 0.15) is 11.1 Å². The van der Waals surface area contributed by atoms with E-state index >= 15 is 0 Å². The first-order chi connectivity index (χ1) is 7.77. The summed E-state index contributed by atoms with van der Waals surface area (Å²) in [5.74, 6) is -0.362. The second-order valence-corrected chi connectivity index (χ2v) is 3.50. The zero-order valence-electron chi connectivity index (χ0n) is 9.99. The van der Waals surface area contributed by atoms with Crippen molar-refractivity contribution < 1.29 is 27.3 Å². The van der Waals surface area contributed by atoms with E-state index in [1.807, 2.05) is 19.2 Å². The number of halogens is 1. The van der Waals surface area contributed by atoms with Crippen molar-refractivity contribution in [2.45, 2.75) is 13.0 Å². The maximum absolute atomic E-state index is 10.9. The van der Waals surface area contributed by atoms with Crippen molar-refractivity contribution in [3.63, 3.8) is 0 Å². The molecule has 0 atom stereocenters. The standard InChI is InChI=1S/C13H17NO2.ClH/c1-3-13(15)16-9-8-11-6-4-5-7-12(11)10-14-2;/h3-7,14H,1,8-10H2,2H3;1H. The summed E-state index contributed by atoms with van der Waals surface area (Å²) < 4.78 is 4.96. The Balaban J connectivity index is 0.00000256. The van der Waals surface area contributed by atoms with Crippen molar-refractivity contribution in [1.29, 1.82) is 0 Å². The number of carbonyl (C=O) groups is 1. The lowest BCUT2D eigenvalue weighted by Gasteiger charge is -2.07. The van der Waals surface area contributed by atoms with E-state index < -0.39 is 0 Å². The van der Waals surface area contributed by atoms with Gasteiger partial charge >= 0.3 is 5.97 Å². The number of esters is 1. The maximum Gasteiger partial charge on any atom is 0.330 e. The van der Waals surface area contributed by atoms with Crippen molar-refractivity contribution in [1.82, 2.24) is 0 Å². The fourth-order valence-electron chi connectivity index (χ4n) is 1.54. The molecule has 2 N–H and O–H groups in total. The van der Waals surface area contributed by atoms with Crippen LogP contribution in [0.15, 0.2) is 36.9 Å². The lowest BCUT2D eigenvalue weighted by Crippen LogP contribution is -3.00. The Kier molecular flexibility index (Phi) is 8.11. The number of carbonyl (C=O) groups excluding carboxylic acids is 1. The molecule has 1 aromatic rings. The molecule has 0 spiro atoms. The average Bonchev–Trinajstić information content (AvgIpc) is 2.31. The molecule has 0 saturated heterocycles. The van der Waals surface area contributed by atoms with E-state index in [4.69, 9.17) is 4.74 Å². The number of rotatable bonds is 6. The summed E-state index contributed by atoms with van der Waals surface area (Å²) in [4.78, 5) is 10.9. The molecule has 4 heteroatoms. The Morgan fingerprint density at radius 1 is 1.41 bits per heavy atom. The first kappa shape index (κ1) is 15.7. The molecule has 0 bridgehead atoms. The van der Waals surface area contributed by atoms with E-state index in [9.17, 15) is 4.79 Å². The normalized spacial score (nSPS) is 9.24. The van der Waals surface area contributed by atoms with Gasteiger partial charge in [0.05, 0.1) is 13.7 Å². The van der Waals surface area contributed by atoms with Crippen molar-refractivity contribution in [2.24, 2.45) is 0 Å². The van der Waals surface area contributed by atoms with Gasteiger partial charge < -0.3 is 22.5 Å². The lowest BCUT2D eigenvalue weighted by atomic mass is 10.1. The van der Waals surface area contributed by atoms with Crippen LogP contribution in [-0.2, 0) is 22.5 Å². The Morgan fingerprint density at radius 2 is 2.06 bits per heavy atom. The summed E-state index contributed by atoms with van der Waals surface area (Å²) in [5, 5.41) is 2.12. The predicted molar refractivity (Wildman–Crippen MR) is 62.9 cm³/mol. The molecular weight excluding hydrogens is 238 g/mol. The molecule has 17 heavy (non-hydrogen) atoms. The van der Waals surface area contributed by atoms with Crippen LogP contribution in [0.25, 0.3) is 0 Å². The van der Waals surface area contributed by atoms with Crippen molar-refractivity contribution in [3.05, 3.63) is 48.0 Å². The summed E-state index contributed by atoms with van der Waals surface area (Å²) in [6.07, 6.45) is 1.94. The first-order valence-electron chi connectivity index (χ1n) is 5.41. The lowest BCUT2D eigenvalue weighted by molar-refractivity contribution is -0.643. The van der Waals surface area contributed by atoms with Crippen LogP contribution < -0.4 is 17.7 Å². The van der Waals surface area contributed by atoms with Gasteiger partial charge in [-0.2, -0.15) is 0 Å². The Morgan fingerprint density at radius 3 is 2.65 bits per heavy atom. The molecule has 0 fully saturated rings. The summed E-state index contributed by atoms with van der Waals surface area (Å²) in [5.41, 5.74) is 2.53. The van der Waals surface area contributed by atoms with Crippen LogP contribution in [0.3, 0.4) is 0 Å². The molecule has 0 aromatic heterocycles. The van der Waals surface area contributed by atoms with Crippen LogP contribution in [0.2, 0.25) is 0 Å². The number of hydrogen-bond donors (Lipinski definition) is 1. The highest BCUT2D eigenvalue weighted by Crippen LogP contribution is 2.08. The van der Waals surface area contributed by atoms with Crippen LogP contribution in [0, 0.1) is 0 Å². The summed E-state index contributed by atoms with van der Waals surface area (Å²) >= 11 is 0. The second-order valence-electron chi connectivity index (χ2n) is 3.50. The Bertz CT molecular complexity index is 366. The van der Waals surface area contributed by atoms with Crippen LogP contribution >= 0.6 is 0 Å². The number of ether oxygens (including phenoxy) is 1. The molecule has 0 saturated carbocycles. The van der Waals surface area contributed by atoms with Gasteiger partial charge in [-0.15, -0.1) is 0 Å². The molecule has 1 aromatic carbocycles. The predicted octanol–water partition coefficient (Wildman–Crippen LogP) is -2.34. The van der Waals surface area contributed by atoms with Gasteiger partial charge in [-0.1, -0.05) is 30.8 Å². The van der Waals surface area contributed by atoms with Crippen molar-refractivity contribution >= 4 is 5.97 Å². The van der Waals surface area contributed by atoms with E-state index in [1.54, 1.807) is 0 Å². The summed E-state index contributed by atoms with van der Waals surface area (Å²) in [6.45, 7) is 4.71. The number of quaternary nitrogens is 1. The van der Waals surface area contributed by atoms with Gasteiger partial charge in [0, 0.05) is 18.1 Å². The van der Waals surface area contributed by atoms with Crippen LogP contribution in [0.4, 0.5) is 0 Å².